The van der Waals surface area contributed by atoms with Crippen LogP contribution in [0.15, 0.2) is 47.0 Å². The van der Waals surface area contributed by atoms with Crippen molar-refractivity contribution in [2.24, 2.45) is 0 Å². The van der Waals surface area contributed by atoms with Gasteiger partial charge in [0.25, 0.3) is 5.89 Å². The predicted molar refractivity (Wildman–Crippen MR) is 100 cm³/mol. The first-order valence-corrected chi connectivity index (χ1v) is 9.33. The number of hydrogen-bond donors (Lipinski definition) is 1. The molecular weight excluding hydrogens is 367 g/mol. The fraction of sp³-hybridized carbons (Fsp3) is 0.333. The Hall–Kier alpha value is -2.83. The van der Waals surface area contributed by atoms with Gasteiger partial charge in [0.05, 0.1) is 5.56 Å². The van der Waals surface area contributed by atoms with E-state index in [0.717, 1.165) is 37.7 Å². The smallest absolute Gasteiger partial charge is 0.399 e. The zero-order valence-corrected chi connectivity index (χ0v) is 15.2. The minimum atomic E-state index is -4.50. The van der Waals surface area contributed by atoms with Gasteiger partial charge in [0.1, 0.15) is 0 Å². The normalized spacial score (nSPS) is 15.7. The van der Waals surface area contributed by atoms with Gasteiger partial charge < -0.3 is 10.3 Å². The number of nitrogens with two attached hydrogens (primary N) is 1. The van der Waals surface area contributed by atoms with E-state index in [4.69, 9.17) is 10.3 Å². The van der Waals surface area contributed by atoms with Crippen molar-refractivity contribution in [1.82, 2.24) is 10.1 Å². The Kier molecular flexibility index (Phi) is 4.83. The first-order valence-electron chi connectivity index (χ1n) is 9.33. The van der Waals surface area contributed by atoms with E-state index in [1.807, 2.05) is 0 Å². The molecule has 0 bridgehead atoms. The summed E-state index contributed by atoms with van der Waals surface area (Å²) in [5.74, 6) is 0.258. The van der Waals surface area contributed by atoms with Gasteiger partial charge in [-0.05, 0) is 54.7 Å². The molecule has 4 nitrogen and oxygen atoms in total. The summed E-state index contributed by atoms with van der Waals surface area (Å²) in [5, 5.41) is 3.78. The Balaban J connectivity index is 1.71. The summed E-state index contributed by atoms with van der Waals surface area (Å²) in [6.45, 7) is 0. The quantitative estimate of drug-likeness (QED) is 0.556. The van der Waals surface area contributed by atoms with Gasteiger partial charge in [-0.25, -0.2) is 0 Å². The van der Waals surface area contributed by atoms with Crippen molar-refractivity contribution in [2.75, 3.05) is 5.73 Å². The summed E-state index contributed by atoms with van der Waals surface area (Å²) in [6, 6.07) is 11.2. The third kappa shape index (κ3) is 3.74. The number of alkyl halides is 3. The number of nitrogens with zero attached hydrogens (tertiary/aromatic N) is 2. The molecule has 1 fully saturated rings. The maximum absolute atomic E-state index is 13.8. The van der Waals surface area contributed by atoms with Gasteiger partial charge in [-0.2, -0.15) is 18.2 Å². The highest BCUT2D eigenvalue weighted by Crippen LogP contribution is 2.40. The Labute approximate surface area is 160 Å². The lowest BCUT2D eigenvalue weighted by Crippen LogP contribution is -2.11. The first-order chi connectivity index (χ1) is 13.4. The highest BCUT2D eigenvalue weighted by Gasteiger charge is 2.36. The number of aromatic nitrogens is 2. The number of benzene rings is 2. The molecule has 2 aromatic carbocycles. The van der Waals surface area contributed by atoms with Crippen molar-refractivity contribution in [2.45, 2.75) is 44.2 Å². The van der Waals surface area contributed by atoms with Crippen molar-refractivity contribution in [3.8, 4) is 22.8 Å². The molecule has 1 aromatic heterocycles. The van der Waals surface area contributed by atoms with Crippen molar-refractivity contribution in [3.05, 3.63) is 53.6 Å². The molecule has 0 saturated heterocycles. The molecule has 2 N–H and O–H groups in total. The van der Waals surface area contributed by atoms with E-state index in [1.54, 1.807) is 30.3 Å². The molecule has 0 radical (unpaired) electrons. The van der Waals surface area contributed by atoms with Crippen LogP contribution in [-0.4, -0.2) is 10.1 Å². The molecule has 146 valence electrons. The van der Waals surface area contributed by atoms with Crippen LogP contribution >= 0.6 is 0 Å². The summed E-state index contributed by atoms with van der Waals surface area (Å²) in [6.07, 6.45) is 0.632. The number of nitrogen functional groups attached to an aromatic ring is 1. The monoisotopic (exact) mass is 387 g/mol. The number of hydrogen-bond acceptors (Lipinski definition) is 4. The summed E-state index contributed by atoms with van der Waals surface area (Å²) in [4.78, 5) is 4.18. The molecule has 0 aliphatic heterocycles. The molecule has 1 aliphatic rings. The van der Waals surface area contributed by atoms with Gasteiger partial charge in [0.15, 0.2) is 0 Å². The van der Waals surface area contributed by atoms with Crippen molar-refractivity contribution in [3.63, 3.8) is 0 Å². The molecule has 28 heavy (non-hydrogen) atoms. The Morgan fingerprint density at radius 1 is 0.964 bits per heavy atom. The standard InChI is InChI=1S/C21H20F3N3O/c22-21(23,24)18-12-15(13-4-2-1-3-5-13)8-11-17(18)19-26-20(28-27-19)14-6-9-16(25)10-7-14/h6-13H,1-5,25H2. The van der Waals surface area contributed by atoms with Crippen LogP contribution < -0.4 is 5.73 Å². The largest absolute Gasteiger partial charge is 0.417 e. The van der Waals surface area contributed by atoms with E-state index < -0.39 is 11.7 Å². The molecule has 0 spiro atoms. The topological polar surface area (TPSA) is 64.9 Å². The molecule has 0 amide bonds. The SMILES string of the molecule is Nc1ccc(-c2nc(-c3ccc(C4CCCCC4)cc3C(F)(F)F)no2)cc1. The summed E-state index contributed by atoms with van der Waals surface area (Å²) in [5.41, 5.74) is 6.76. The Morgan fingerprint density at radius 3 is 2.36 bits per heavy atom. The second-order valence-corrected chi connectivity index (χ2v) is 7.18. The van der Waals surface area contributed by atoms with Crippen LogP contribution in [0, 0.1) is 0 Å². The lowest BCUT2D eigenvalue weighted by molar-refractivity contribution is -0.137. The lowest BCUT2D eigenvalue weighted by atomic mass is 9.83. The van der Waals surface area contributed by atoms with Crippen molar-refractivity contribution >= 4 is 5.69 Å². The van der Waals surface area contributed by atoms with E-state index >= 15 is 0 Å². The highest BCUT2D eigenvalue weighted by atomic mass is 19.4. The molecule has 4 rings (SSSR count). The zero-order chi connectivity index (χ0) is 19.7. The highest BCUT2D eigenvalue weighted by molar-refractivity contribution is 5.65. The van der Waals surface area contributed by atoms with Crippen molar-refractivity contribution < 1.29 is 17.7 Å². The maximum atomic E-state index is 13.8. The number of anilines is 1. The van der Waals surface area contributed by atoms with E-state index in [-0.39, 0.29) is 23.2 Å². The Morgan fingerprint density at radius 2 is 1.68 bits per heavy atom. The van der Waals surface area contributed by atoms with E-state index in [1.165, 1.54) is 12.1 Å². The molecule has 1 heterocycles. The van der Waals surface area contributed by atoms with Gasteiger partial charge >= 0.3 is 6.18 Å². The summed E-state index contributed by atoms with van der Waals surface area (Å²) in [7, 11) is 0. The third-order valence-corrected chi connectivity index (χ3v) is 5.25. The molecular formula is C21H20F3N3O. The van der Waals surface area contributed by atoms with Gasteiger partial charge in [0, 0.05) is 16.8 Å². The van der Waals surface area contributed by atoms with Gasteiger partial charge in [0.2, 0.25) is 5.82 Å². The van der Waals surface area contributed by atoms with E-state index in [9.17, 15) is 13.2 Å². The molecule has 1 aliphatic carbocycles. The zero-order valence-electron chi connectivity index (χ0n) is 15.2. The molecule has 3 aromatic rings. The fourth-order valence-corrected chi connectivity index (χ4v) is 3.76. The van der Waals surface area contributed by atoms with Crippen LogP contribution in [0.3, 0.4) is 0 Å². The van der Waals surface area contributed by atoms with E-state index in [0.29, 0.717) is 11.3 Å². The molecule has 7 heteroatoms. The van der Waals surface area contributed by atoms with Crippen LogP contribution in [0.4, 0.5) is 18.9 Å². The minimum Gasteiger partial charge on any atom is -0.399 e. The first kappa shape index (κ1) is 18.5. The summed E-state index contributed by atoms with van der Waals surface area (Å²) >= 11 is 0. The van der Waals surface area contributed by atoms with Crippen molar-refractivity contribution in [1.29, 1.82) is 0 Å². The van der Waals surface area contributed by atoms with E-state index in [2.05, 4.69) is 10.1 Å². The second kappa shape index (κ2) is 7.30. The molecule has 0 atom stereocenters. The number of halogens is 3. The van der Waals surface area contributed by atoms with Crippen LogP contribution in [0.25, 0.3) is 22.8 Å². The van der Waals surface area contributed by atoms with Crippen LogP contribution in [0.2, 0.25) is 0 Å². The molecule has 1 saturated carbocycles. The average Bonchev–Trinajstić information content (AvgIpc) is 3.18. The lowest BCUT2D eigenvalue weighted by Gasteiger charge is -2.23. The minimum absolute atomic E-state index is 0.0718. The fourth-order valence-electron chi connectivity index (χ4n) is 3.76. The Bertz CT molecular complexity index is 958. The maximum Gasteiger partial charge on any atom is 0.417 e. The van der Waals surface area contributed by atoms with Gasteiger partial charge in [-0.1, -0.05) is 36.6 Å². The van der Waals surface area contributed by atoms with Crippen LogP contribution in [-0.2, 0) is 6.18 Å². The van der Waals surface area contributed by atoms with Crippen LogP contribution in [0.5, 0.6) is 0 Å². The van der Waals surface area contributed by atoms with Gasteiger partial charge in [-0.3, -0.25) is 0 Å². The average molecular weight is 387 g/mol. The molecule has 0 unspecified atom stereocenters. The second-order valence-electron chi connectivity index (χ2n) is 7.18. The van der Waals surface area contributed by atoms with Crippen LogP contribution in [0.1, 0.15) is 49.1 Å². The predicted octanol–water partition coefficient (Wildman–Crippen LogP) is 6.05. The number of rotatable bonds is 3. The summed E-state index contributed by atoms with van der Waals surface area (Å²) < 4.78 is 46.5. The van der Waals surface area contributed by atoms with Gasteiger partial charge in [-0.15, -0.1) is 0 Å². The third-order valence-electron chi connectivity index (χ3n) is 5.25.